The summed E-state index contributed by atoms with van der Waals surface area (Å²) in [4.78, 5) is 2.42. The van der Waals surface area contributed by atoms with Gasteiger partial charge in [-0.1, -0.05) is 208 Å². The maximum Gasteiger partial charge on any atom is 0.0547 e. The summed E-state index contributed by atoms with van der Waals surface area (Å²) in [5, 5.41) is 5.14. The number of thiophene rings is 1. The zero-order valence-electron chi connectivity index (χ0n) is 40.1. The summed E-state index contributed by atoms with van der Waals surface area (Å²) < 4.78 is 5.10. The van der Waals surface area contributed by atoms with Crippen molar-refractivity contribution in [3.05, 3.63) is 266 Å². The van der Waals surface area contributed by atoms with Crippen LogP contribution in [0.5, 0.6) is 0 Å². The fraction of sp³-hybridized carbons (Fsp3) is 0.0435. The number of benzene rings is 11. The Morgan fingerprint density at radius 2 is 0.861 bits per heavy atom. The van der Waals surface area contributed by atoms with Gasteiger partial charge in [0.1, 0.15) is 0 Å². The summed E-state index contributed by atoms with van der Waals surface area (Å²) in [6.45, 7) is 4.72. The Hall–Kier alpha value is -8.76. The van der Waals surface area contributed by atoms with Gasteiger partial charge in [0.25, 0.3) is 0 Å². The van der Waals surface area contributed by atoms with Crippen LogP contribution in [-0.2, 0) is 5.41 Å². The standard InChI is InChI=1S/C69H48N2S/c1-69(2)62-23-10-6-18-56(62)57-42-40-53(44-63(57)69)70(52-38-33-49(34-39-52)55-21-14-22-61-60-20-9-13-26-67(60)72-68(55)61)51-36-31-47(32-37-51)46-27-29-48(30-28-46)54-17-7-11-24-64(54)71-65-25-12-8-19-58(65)59-41-35-50(43-66(59)71)45-15-4-3-5-16-45/h3-44H,1-2H3. The second-order valence-electron chi connectivity index (χ2n) is 19.7. The van der Waals surface area contributed by atoms with Gasteiger partial charge in [0, 0.05) is 59.0 Å². The SMILES string of the molecule is CC1(C)c2ccccc2-c2ccc(N(c3ccc(-c4ccc(-c5ccccc5-n5c6ccccc6c6ccc(-c7ccccc7)cc65)cc4)cc3)c3ccc(-c4cccc5c4sc4ccccc45)cc3)cc21. The minimum absolute atomic E-state index is 0.119. The Morgan fingerprint density at radius 1 is 0.333 bits per heavy atom. The highest BCUT2D eigenvalue weighted by Crippen LogP contribution is 2.51. The van der Waals surface area contributed by atoms with Gasteiger partial charge < -0.3 is 9.47 Å². The number of anilines is 3. The second kappa shape index (κ2) is 16.7. The molecule has 3 heteroatoms. The van der Waals surface area contributed by atoms with Crippen molar-refractivity contribution < 1.29 is 0 Å². The van der Waals surface area contributed by atoms with E-state index in [2.05, 4.69) is 278 Å². The van der Waals surface area contributed by atoms with Crippen LogP contribution in [0, 0.1) is 0 Å². The normalized spacial score (nSPS) is 12.7. The molecule has 0 N–H and O–H groups in total. The Labute approximate surface area is 424 Å². The Bertz CT molecular complexity index is 4210. The maximum atomic E-state index is 2.45. The van der Waals surface area contributed by atoms with Gasteiger partial charge in [0.15, 0.2) is 0 Å². The predicted molar refractivity (Wildman–Crippen MR) is 308 cm³/mol. The van der Waals surface area contributed by atoms with E-state index in [-0.39, 0.29) is 5.41 Å². The zero-order chi connectivity index (χ0) is 47.9. The minimum atomic E-state index is -0.119. The average molecular weight is 937 g/mol. The van der Waals surface area contributed by atoms with Crippen LogP contribution in [0.15, 0.2) is 255 Å². The monoisotopic (exact) mass is 936 g/mol. The lowest BCUT2D eigenvalue weighted by molar-refractivity contribution is 0.660. The number of aromatic nitrogens is 1. The zero-order valence-corrected chi connectivity index (χ0v) is 40.9. The molecule has 13 aromatic rings. The Balaban J connectivity index is 0.824. The van der Waals surface area contributed by atoms with Gasteiger partial charge in [-0.25, -0.2) is 0 Å². The number of fused-ring (bicyclic) bond motifs is 9. The first-order valence-electron chi connectivity index (χ1n) is 24.9. The molecule has 0 radical (unpaired) electrons. The quantitative estimate of drug-likeness (QED) is 0.147. The third-order valence-electron chi connectivity index (χ3n) is 15.2. The first kappa shape index (κ1) is 42.1. The van der Waals surface area contributed by atoms with Crippen LogP contribution in [-0.4, -0.2) is 4.57 Å². The summed E-state index contributed by atoms with van der Waals surface area (Å²) >= 11 is 1.88. The van der Waals surface area contributed by atoms with E-state index >= 15 is 0 Å². The van der Waals surface area contributed by atoms with E-state index in [0.29, 0.717) is 0 Å². The lowest BCUT2D eigenvalue weighted by Crippen LogP contribution is -2.16. The topological polar surface area (TPSA) is 8.17 Å². The van der Waals surface area contributed by atoms with E-state index in [9.17, 15) is 0 Å². The van der Waals surface area contributed by atoms with Crippen molar-refractivity contribution in [2.45, 2.75) is 19.3 Å². The van der Waals surface area contributed by atoms with Crippen LogP contribution in [0.25, 0.3) is 103 Å². The first-order chi connectivity index (χ1) is 35.5. The van der Waals surface area contributed by atoms with Gasteiger partial charge in [-0.3, -0.25) is 0 Å². The van der Waals surface area contributed by atoms with Crippen molar-refractivity contribution >= 4 is 70.4 Å². The van der Waals surface area contributed by atoms with Gasteiger partial charge in [-0.15, -0.1) is 11.3 Å². The largest absolute Gasteiger partial charge is 0.310 e. The highest BCUT2D eigenvalue weighted by molar-refractivity contribution is 7.26. The maximum absolute atomic E-state index is 2.45. The molecule has 0 saturated heterocycles. The average Bonchev–Trinajstić information content (AvgIpc) is 4.06. The minimum Gasteiger partial charge on any atom is -0.310 e. The summed E-state index contributed by atoms with van der Waals surface area (Å²) in [7, 11) is 0. The van der Waals surface area contributed by atoms with Crippen LogP contribution >= 0.6 is 11.3 Å². The molecule has 0 saturated carbocycles. The number of hydrogen-bond acceptors (Lipinski definition) is 2. The molecule has 1 aliphatic carbocycles. The summed E-state index contributed by atoms with van der Waals surface area (Å²) in [6.07, 6.45) is 0. The highest BCUT2D eigenvalue weighted by atomic mass is 32.1. The first-order valence-corrected chi connectivity index (χ1v) is 25.7. The summed E-state index contributed by atoms with van der Waals surface area (Å²) in [6, 6.07) is 94.0. The molecule has 2 aromatic heterocycles. The molecule has 2 heterocycles. The molecule has 0 amide bonds. The fourth-order valence-electron chi connectivity index (χ4n) is 11.6. The molecule has 1 aliphatic rings. The molecule has 0 atom stereocenters. The van der Waals surface area contributed by atoms with E-state index in [1.54, 1.807) is 0 Å². The lowest BCUT2D eigenvalue weighted by atomic mass is 9.82. The molecule has 72 heavy (non-hydrogen) atoms. The molecule has 0 fully saturated rings. The molecule has 0 spiro atoms. The van der Waals surface area contributed by atoms with Gasteiger partial charge in [-0.2, -0.15) is 0 Å². The molecule has 340 valence electrons. The van der Waals surface area contributed by atoms with Gasteiger partial charge in [0.05, 0.1) is 16.7 Å². The molecule has 0 aliphatic heterocycles. The molecular formula is C69H48N2S. The van der Waals surface area contributed by atoms with Crippen LogP contribution in [0.2, 0.25) is 0 Å². The van der Waals surface area contributed by atoms with Crippen LogP contribution in [0.1, 0.15) is 25.0 Å². The molecule has 11 aromatic carbocycles. The fourth-order valence-corrected chi connectivity index (χ4v) is 12.9. The third kappa shape index (κ3) is 6.77. The number of rotatable bonds is 8. The van der Waals surface area contributed by atoms with Crippen molar-refractivity contribution in [3.8, 4) is 61.3 Å². The van der Waals surface area contributed by atoms with E-state index in [1.165, 1.54) is 109 Å². The molecule has 2 nitrogen and oxygen atoms in total. The lowest BCUT2D eigenvalue weighted by Gasteiger charge is -2.28. The number of nitrogens with zero attached hydrogens (tertiary/aromatic N) is 2. The smallest absolute Gasteiger partial charge is 0.0547 e. The molecule has 0 unspecified atom stereocenters. The van der Waals surface area contributed by atoms with Crippen molar-refractivity contribution in [3.63, 3.8) is 0 Å². The van der Waals surface area contributed by atoms with Crippen LogP contribution in [0.4, 0.5) is 17.1 Å². The van der Waals surface area contributed by atoms with Crippen molar-refractivity contribution in [2.75, 3.05) is 4.90 Å². The number of hydrogen-bond donors (Lipinski definition) is 0. The second-order valence-corrected chi connectivity index (χ2v) is 20.7. The summed E-state index contributed by atoms with van der Waals surface area (Å²) in [5.74, 6) is 0. The molecule has 14 rings (SSSR count). The predicted octanol–water partition coefficient (Wildman–Crippen LogP) is 19.6. The highest BCUT2D eigenvalue weighted by Gasteiger charge is 2.35. The van der Waals surface area contributed by atoms with E-state index in [1.807, 2.05) is 11.3 Å². The van der Waals surface area contributed by atoms with Gasteiger partial charge >= 0.3 is 0 Å². The molecular weight excluding hydrogens is 889 g/mol. The van der Waals surface area contributed by atoms with E-state index in [4.69, 9.17) is 0 Å². The van der Waals surface area contributed by atoms with Crippen LogP contribution < -0.4 is 4.90 Å². The Morgan fingerprint density at radius 3 is 1.65 bits per heavy atom. The third-order valence-corrected chi connectivity index (χ3v) is 16.5. The van der Waals surface area contributed by atoms with Crippen LogP contribution in [0.3, 0.4) is 0 Å². The van der Waals surface area contributed by atoms with Gasteiger partial charge in [0.2, 0.25) is 0 Å². The van der Waals surface area contributed by atoms with Crippen molar-refractivity contribution in [1.29, 1.82) is 0 Å². The Kier molecular flexibility index (Phi) is 9.77. The van der Waals surface area contributed by atoms with Crippen molar-refractivity contribution in [2.24, 2.45) is 0 Å². The van der Waals surface area contributed by atoms with E-state index in [0.717, 1.165) is 22.7 Å². The summed E-state index contributed by atoms with van der Waals surface area (Å²) in [5.41, 5.74) is 21.8. The van der Waals surface area contributed by atoms with Gasteiger partial charge in [-0.05, 0) is 122 Å². The molecule has 0 bridgehead atoms. The number of para-hydroxylation sites is 2. The van der Waals surface area contributed by atoms with E-state index < -0.39 is 0 Å². The van der Waals surface area contributed by atoms with Crippen molar-refractivity contribution in [1.82, 2.24) is 4.57 Å².